The molecule has 2 nitrogen and oxygen atoms in total. The number of aliphatic hydroxyl groups excluding tert-OH is 1. The van der Waals surface area contributed by atoms with Crippen molar-refractivity contribution in [3.05, 3.63) is 0 Å². The summed E-state index contributed by atoms with van der Waals surface area (Å²) in [6.07, 6.45) is 11.8. The van der Waals surface area contributed by atoms with Crippen molar-refractivity contribution in [2.45, 2.75) is 118 Å². The van der Waals surface area contributed by atoms with Crippen LogP contribution in [0.25, 0.3) is 0 Å². The molecule has 5 aliphatic rings. The molecule has 32 heavy (non-hydrogen) atoms. The van der Waals surface area contributed by atoms with E-state index in [1.165, 1.54) is 51.4 Å². The SMILES string of the molecule is CC1CCC(C)([C@@H](C)C2C(C)CC3C4CCC5CC(C)CC[C@]5(C)C4CC(O)[C@@]32C)OC1. The van der Waals surface area contributed by atoms with Gasteiger partial charge in [0.15, 0.2) is 0 Å². The molecule has 0 aromatic heterocycles. The van der Waals surface area contributed by atoms with E-state index in [0.717, 1.165) is 36.7 Å². The quantitative estimate of drug-likeness (QED) is 0.483. The van der Waals surface area contributed by atoms with E-state index in [0.29, 0.717) is 35.0 Å². The normalized spacial score (nSPS) is 59.1. The van der Waals surface area contributed by atoms with Crippen LogP contribution in [0.1, 0.15) is 106 Å². The molecule has 5 fully saturated rings. The van der Waals surface area contributed by atoms with Crippen LogP contribution in [-0.2, 0) is 4.74 Å². The highest BCUT2D eigenvalue weighted by Gasteiger charge is 2.66. The number of ether oxygens (including phenoxy) is 1. The van der Waals surface area contributed by atoms with Crippen molar-refractivity contribution >= 4 is 0 Å². The Balaban J connectivity index is 1.43. The Morgan fingerprint density at radius 2 is 1.56 bits per heavy atom. The molecule has 4 saturated carbocycles. The van der Waals surface area contributed by atoms with Crippen molar-refractivity contribution in [1.29, 1.82) is 0 Å². The van der Waals surface area contributed by atoms with Gasteiger partial charge in [-0.15, -0.1) is 0 Å². The molecule has 4 aliphatic carbocycles. The van der Waals surface area contributed by atoms with E-state index in [-0.39, 0.29) is 17.1 Å². The van der Waals surface area contributed by atoms with Crippen LogP contribution in [0.3, 0.4) is 0 Å². The standard InChI is InChI=1S/C30H52O2/c1-18-10-12-28(5)22(14-18)8-9-23-24(28)16-26(31)30(7)25(23)15-20(3)27(30)21(4)29(6)13-11-19(2)17-32-29/h18-27,31H,8-17H2,1-7H3/t18?,19?,20?,21-,22?,23?,24?,25?,26?,27?,28-,29?,30+/m0/s1. The zero-order valence-electron chi connectivity index (χ0n) is 22.2. The Hall–Kier alpha value is -0.0800. The van der Waals surface area contributed by atoms with Crippen LogP contribution in [-0.4, -0.2) is 23.4 Å². The molecule has 1 N–H and O–H groups in total. The van der Waals surface area contributed by atoms with Gasteiger partial charge in [-0.25, -0.2) is 0 Å². The summed E-state index contributed by atoms with van der Waals surface area (Å²) in [6, 6.07) is 0. The lowest BCUT2D eigenvalue weighted by Gasteiger charge is -2.63. The number of fused-ring (bicyclic) bond motifs is 5. The zero-order valence-corrected chi connectivity index (χ0v) is 22.2. The van der Waals surface area contributed by atoms with Gasteiger partial charge in [-0.1, -0.05) is 48.0 Å². The van der Waals surface area contributed by atoms with Crippen molar-refractivity contribution in [3.8, 4) is 0 Å². The third-order valence-corrected chi connectivity index (χ3v) is 12.8. The summed E-state index contributed by atoms with van der Waals surface area (Å²) >= 11 is 0. The molecule has 0 amide bonds. The Morgan fingerprint density at radius 3 is 2.25 bits per heavy atom. The van der Waals surface area contributed by atoms with Crippen LogP contribution in [0, 0.1) is 64.1 Å². The van der Waals surface area contributed by atoms with Gasteiger partial charge in [-0.05, 0) is 117 Å². The molecule has 0 spiro atoms. The summed E-state index contributed by atoms with van der Waals surface area (Å²) in [5.41, 5.74) is 0.503. The first kappa shape index (κ1) is 23.7. The summed E-state index contributed by atoms with van der Waals surface area (Å²) in [5, 5.41) is 12.0. The van der Waals surface area contributed by atoms with Crippen LogP contribution in [0.15, 0.2) is 0 Å². The van der Waals surface area contributed by atoms with Crippen molar-refractivity contribution in [2.24, 2.45) is 64.1 Å². The van der Waals surface area contributed by atoms with Gasteiger partial charge >= 0.3 is 0 Å². The Labute approximate surface area is 198 Å². The summed E-state index contributed by atoms with van der Waals surface area (Å²) in [6.45, 7) is 18.2. The molecule has 5 rings (SSSR count). The van der Waals surface area contributed by atoms with Gasteiger partial charge in [-0.3, -0.25) is 0 Å². The number of hydrogen-bond acceptors (Lipinski definition) is 2. The molecule has 0 aromatic carbocycles. The van der Waals surface area contributed by atoms with E-state index in [2.05, 4.69) is 48.5 Å². The molecule has 2 heteroatoms. The summed E-state index contributed by atoms with van der Waals surface area (Å²) in [7, 11) is 0. The maximum atomic E-state index is 12.0. The average molecular weight is 445 g/mol. The topological polar surface area (TPSA) is 29.5 Å². The van der Waals surface area contributed by atoms with Crippen molar-refractivity contribution in [2.75, 3.05) is 6.61 Å². The van der Waals surface area contributed by atoms with Crippen molar-refractivity contribution in [1.82, 2.24) is 0 Å². The highest BCUT2D eigenvalue weighted by Crippen LogP contribution is 2.70. The fraction of sp³-hybridized carbons (Fsp3) is 1.00. The van der Waals surface area contributed by atoms with E-state index in [1.807, 2.05) is 0 Å². The van der Waals surface area contributed by atoms with Crippen molar-refractivity contribution in [3.63, 3.8) is 0 Å². The van der Waals surface area contributed by atoms with Gasteiger partial charge in [0, 0.05) is 12.0 Å². The van der Waals surface area contributed by atoms with E-state index in [4.69, 9.17) is 4.74 Å². The van der Waals surface area contributed by atoms with Gasteiger partial charge in [0.05, 0.1) is 11.7 Å². The maximum absolute atomic E-state index is 12.0. The second kappa shape index (κ2) is 7.97. The molecule has 13 atom stereocenters. The molecule has 0 aromatic rings. The van der Waals surface area contributed by atoms with Crippen molar-refractivity contribution < 1.29 is 9.84 Å². The number of rotatable bonds is 2. The van der Waals surface area contributed by atoms with Crippen LogP contribution < -0.4 is 0 Å². The fourth-order valence-corrected chi connectivity index (χ4v) is 10.6. The average Bonchev–Trinajstić information content (AvgIpc) is 3.02. The molecule has 1 aliphatic heterocycles. The third-order valence-electron chi connectivity index (χ3n) is 12.8. The number of hydrogen-bond donors (Lipinski definition) is 1. The van der Waals surface area contributed by atoms with Gasteiger partial charge < -0.3 is 9.84 Å². The second-order valence-corrected chi connectivity index (χ2v) is 14.4. The Bertz CT molecular complexity index is 695. The lowest BCUT2D eigenvalue weighted by Crippen LogP contribution is -2.60. The predicted molar refractivity (Wildman–Crippen MR) is 132 cm³/mol. The Morgan fingerprint density at radius 1 is 0.844 bits per heavy atom. The van der Waals surface area contributed by atoms with E-state index < -0.39 is 0 Å². The molecule has 10 unspecified atom stereocenters. The molecule has 1 saturated heterocycles. The molecule has 1 heterocycles. The summed E-state index contributed by atoms with van der Waals surface area (Å²) < 4.78 is 6.58. The minimum Gasteiger partial charge on any atom is -0.393 e. The first-order chi connectivity index (χ1) is 15.0. The lowest BCUT2D eigenvalue weighted by molar-refractivity contribution is -0.192. The van der Waals surface area contributed by atoms with E-state index in [9.17, 15) is 5.11 Å². The zero-order chi connectivity index (χ0) is 23.1. The minimum atomic E-state index is -0.146. The van der Waals surface area contributed by atoms with Gasteiger partial charge in [0.25, 0.3) is 0 Å². The summed E-state index contributed by atoms with van der Waals surface area (Å²) in [4.78, 5) is 0. The van der Waals surface area contributed by atoms with E-state index in [1.54, 1.807) is 0 Å². The van der Waals surface area contributed by atoms with Crippen LogP contribution in [0.5, 0.6) is 0 Å². The lowest BCUT2D eigenvalue weighted by atomic mass is 9.43. The van der Waals surface area contributed by atoms with Crippen LogP contribution >= 0.6 is 0 Å². The van der Waals surface area contributed by atoms with Gasteiger partial charge in [0.2, 0.25) is 0 Å². The molecule has 0 bridgehead atoms. The van der Waals surface area contributed by atoms with Gasteiger partial charge in [-0.2, -0.15) is 0 Å². The molecular weight excluding hydrogens is 392 g/mol. The largest absolute Gasteiger partial charge is 0.393 e. The van der Waals surface area contributed by atoms with Gasteiger partial charge in [0.1, 0.15) is 0 Å². The number of aliphatic hydroxyl groups is 1. The van der Waals surface area contributed by atoms with E-state index >= 15 is 0 Å². The first-order valence-electron chi connectivity index (χ1n) is 14.3. The van der Waals surface area contributed by atoms with Crippen LogP contribution in [0.4, 0.5) is 0 Å². The smallest absolute Gasteiger partial charge is 0.0683 e. The highest BCUT2D eigenvalue weighted by molar-refractivity contribution is 5.15. The second-order valence-electron chi connectivity index (χ2n) is 14.4. The highest BCUT2D eigenvalue weighted by atomic mass is 16.5. The predicted octanol–water partition coefficient (Wildman–Crippen LogP) is 7.34. The fourth-order valence-electron chi connectivity index (χ4n) is 10.6. The molecule has 184 valence electrons. The van der Waals surface area contributed by atoms with Crippen LogP contribution in [0.2, 0.25) is 0 Å². The third kappa shape index (κ3) is 3.31. The minimum absolute atomic E-state index is 0.0247. The monoisotopic (exact) mass is 444 g/mol. The first-order valence-corrected chi connectivity index (χ1v) is 14.3. The summed E-state index contributed by atoms with van der Waals surface area (Å²) in [5.74, 6) is 6.52. The molecule has 0 radical (unpaired) electrons. The molecular formula is C30H52O2. The Kier molecular flexibility index (Phi) is 5.89. The maximum Gasteiger partial charge on any atom is 0.0683 e.